The third kappa shape index (κ3) is 3.15. The van der Waals surface area contributed by atoms with Gasteiger partial charge in [-0.3, -0.25) is 9.59 Å². The van der Waals surface area contributed by atoms with E-state index in [0.717, 1.165) is 16.7 Å². The van der Waals surface area contributed by atoms with Crippen molar-refractivity contribution in [1.82, 2.24) is 5.32 Å². The van der Waals surface area contributed by atoms with E-state index in [9.17, 15) is 14.0 Å². The van der Waals surface area contributed by atoms with Crippen LogP contribution in [0.1, 0.15) is 22.6 Å². The lowest BCUT2D eigenvalue weighted by Crippen LogP contribution is -2.32. The smallest absolute Gasteiger partial charge is 0.237 e. The lowest BCUT2D eigenvalue weighted by atomic mass is 9.86. The van der Waals surface area contributed by atoms with Crippen LogP contribution < -0.4 is 10.6 Å². The SMILES string of the molecule is Cc1cc(C)cc([C@H]2CNC(=O)[C@@H]2C(=O)Nc2ccccc2F)c1. The minimum Gasteiger partial charge on any atom is -0.355 e. The van der Waals surface area contributed by atoms with Crippen molar-refractivity contribution in [3.05, 3.63) is 65.0 Å². The molecule has 24 heavy (non-hydrogen) atoms. The van der Waals surface area contributed by atoms with E-state index >= 15 is 0 Å². The van der Waals surface area contributed by atoms with Crippen molar-refractivity contribution >= 4 is 17.5 Å². The fraction of sp³-hybridized carbons (Fsp3) is 0.263. The summed E-state index contributed by atoms with van der Waals surface area (Å²) in [5, 5.41) is 5.28. The highest BCUT2D eigenvalue weighted by atomic mass is 19.1. The molecule has 2 aromatic rings. The second kappa shape index (κ2) is 6.43. The minimum absolute atomic E-state index is 0.0846. The second-order valence-electron chi connectivity index (χ2n) is 6.22. The summed E-state index contributed by atoms with van der Waals surface area (Å²) in [6.45, 7) is 4.36. The van der Waals surface area contributed by atoms with Crippen LogP contribution in [-0.2, 0) is 9.59 Å². The van der Waals surface area contributed by atoms with E-state index in [1.807, 2.05) is 32.0 Å². The average Bonchev–Trinajstić information content (AvgIpc) is 2.90. The van der Waals surface area contributed by atoms with Crippen LogP contribution >= 0.6 is 0 Å². The Kier molecular flexibility index (Phi) is 4.34. The number of rotatable bonds is 3. The Hall–Kier alpha value is -2.69. The van der Waals surface area contributed by atoms with Gasteiger partial charge in [-0.05, 0) is 31.5 Å². The van der Waals surface area contributed by atoms with Crippen LogP contribution in [0.5, 0.6) is 0 Å². The van der Waals surface area contributed by atoms with Crippen molar-refractivity contribution in [2.45, 2.75) is 19.8 Å². The van der Waals surface area contributed by atoms with Crippen LogP contribution in [-0.4, -0.2) is 18.4 Å². The Morgan fingerprint density at radius 2 is 1.83 bits per heavy atom. The molecule has 2 aromatic carbocycles. The zero-order chi connectivity index (χ0) is 17.3. The molecule has 2 atom stereocenters. The highest BCUT2D eigenvalue weighted by molar-refractivity contribution is 6.08. The van der Waals surface area contributed by atoms with E-state index in [1.54, 1.807) is 12.1 Å². The van der Waals surface area contributed by atoms with Gasteiger partial charge >= 0.3 is 0 Å². The van der Waals surface area contributed by atoms with Crippen molar-refractivity contribution in [3.8, 4) is 0 Å². The topological polar surface area (TPSA) is 58.2 Å². The first kappa shape index (κ1) is 16.2. The van der Waals surface area contributed by atoms with Crippen LogP contribution in [0.2, 0.25) is 0 Å². The molecule has 5 heteroatoms. The van der Waals surface area contributed by atoms with Crippen molar-refractivity contribution in [2.75, 3.05) is 11.9 Å². The Morgan fingerprint density at radius 3 is 2.50 bits per heavy atom. The van der Waals surface area contributed by atoms with E-state index in [0.29, 0.717) is 6.54 Å². The number of anilines is 1. The number of nitrogens with one attached hydrogen (secondary N) is 2. The molecule has 124 valence electrons. The van der Waals surface area contributed by atoms with Gasteiger partial charge in [0, 0.05) is 12.5 Å². The molecule has 0 aromatic heterocycles. The summed E-state index contributed by atoms with van der Waals surface area (Å²) in [5.41, 5.74) is 3.19. The van der Waals surface area contributed by atoms with Crippen LogP contribution in [0.25, 0.3) is 0 Å². The van der Waals surface area contributed by atoms with E-state index in [-0.39, 0.29) is 17.5 Å². The van der Waals surface area contributed by atoms with Crippen molar-refractivity contribution in [1.29, 1.82) is 0 Å². The second-order valence-corrected chi connectivity index (χ2v) is 6.22. The maximum atomic E-state index is 13.7. The molecule has 4 nitrogen and oxygen atoms in total. The predicted molar refractivity (Wildman–Crippen MR) is 90.2 cm³/mol. The molecule has 2 N–H and O–H groups in total. The van der Waals surface area contributed by atoms with E-state index in [4.69, 9.17) is 0 Å². The van der Waals surface area contributed by atoms with Gasteiger partial charge in [-0.1, -0.05) is 41.5 Å². The highest BCUT2D eigenvalue weighted by Crippen LogP contribution is 2.31. The Balaban J connectivity index is 1.88. The molecule has 0 radical (unpaired) electrons. The molecule has 0 spiro atoms. The van der Waals surface area contributed by atoms with Gasteiger partial charge in [-0.15, -0.1) is 0 Å². The zero-order valence-corrected chi connectivity index (χ0v) is 13.6. The van der Waals surface area contributed by atoms with Crippen LogP contribution in [0, 0.1) is 25.6 Å². The van der Waals surface area contributed by atoms with E-state index in [2.05, 4.69) is 10.6 Å². The molecule has 0 bridgehead atoms. The maximum Gasteiger partial charge on any atom is 0.237 e. The zero-order valence-electron chi connectivity index (χ0n) is 13.6. The maximum absolute atomic E-state index is 13.7. The minimum atomic E-state index is -0.870. The monoisotopic (exact) mass is 326 g/mol. The van der Waals surface area contributed by atoms with Crippen molar-refractivity contribution in [3.63, 3.8) is 0 Å². The largest absolute Gasteiger partial charge is 0.355 e. The quantitative estimate of drug-likeness (QED) is 0.852. The van der Waals surface area contributed by atoms with Gasteiger partial charge in [0.25, 0.3) is 0 Å². The predicted octanol–water partition coefficient (Wildman–Crippen LogP) is 2.91. The highest BCUT2D eigenvalue weighted by Gasteiger charge is 2.41. The molecule has 0 saturated carbocycles. The van der Waals surface area contributed by atoms with Gasteiger partial charge < -0.3 is 10.6 Å². The van der Waals surface area contributed by atoms with Gasteiger partial charge in [0.2, 0.25) is 11.8 Å². The standard InChI is InChI=1S/C19H19FN2O2/c1-11-7-12(2)9-13(8-11)14-10-21-18(23)17(14)19(24)22-16-6-4-3-5-15(16)20/h3-9,14,17H,10H2,1-2H3,(H,21,23)(H,22,24)/t14-,17-/m1/s1. The molecule has 1 saturated heterocycles. The fourth-order valence-electron chi connectivity index (χ4n) is 3.23. The summed E-state index contributed by atoms with van der Waals surface area (Å²) in [6.07, 6.45) is 0. The lowest BCUT2D eigenvalue weighted by molar-refractivity contribution is -0.130. The summed E-state index contributed by atoms with van der Waals surface area (Å²) < 4.78 is 13.7. The lowest BCUT2D eigenvalue weighted by Gasteiger charge is -2.18. The van der Waals surface area contributed by atoms with Gasteiger partial charge in [0.15, 0.2) is 0 Å². The number of aryl methyl sites for hydroxylation is 2. The summed E-state index contributed by atoms with van der Waals surface area (Å²) in [5.74, 6) is -2.46. The number of hydrogen-bond acceptors (Lipinski definition) is 2. The average molecular weight is 326 g/mol. The van der Waals surface area contributed by atoms with E-state index < -0.39 is 17.6 Å². The number of halogens is 1. The number of benzene rings is 2. The van der Waals surface area contributed by atoms with Gasteiger partial charge in [-0.2, -0.15) is 0 Å². The summed E-state index contributed by atoms with van der Waals surface area (Å²) in [4.78, 5) is 24.8. The number of amides is 2. The molecule has 0 aliphatic carbocycles. The molecule has 0 unspecified atom stereocenters. The summed E-state index contributed by atoms with van der Waals surface area (Å²) in [6, 6.07) is 11.9. The Morgan fingerprint density at radius 1 is 1.17 bits per heavy atom. The Bertz CT molecular complexity index is 783. The molecule has 3 rings (SSSR count). The first-order valence-electron chi connectivity index (χ1n) is 7.87. The first-order valence-corrected chi connectivity index (χ1v) is 7.87. The third-order valence-electron chi connectivity index (χ3n) is 4.27. The third-order valence-corrected chi connectivity index (χ3v) is 4.27. The van der Waals surface area contributed by atoms with Gasteiger partial charge in [0.05, 0.1) is 5.69 Å². The van der Waals surface area contributed by atoms with Crippen molar-refractivity contribution in [2.24, 2.45) is 5.92 Å². The molecule has 2 amide bonds. The van der Waals surface area contributed by atoms with Gasteiger partial charge in [-0.25, -0.2) is 4.39 Å². The Labute approximate surface area is 140 Å². The fourth-order valence-corrected chi connectivity index (χ4v) is 3.23. The molecule has 1 aliphatic rings. The number of carbonyl (C=O) groups excluding carboxylic acids is 2. The van der Waals surface area contributed by atoms with Gasteiger partial charge in [0.1, 0.15) is 11.7 Å². The molecule has 1 aliphatic heterocycles. The molecule has 1 heterocycles. The van der Waals surface area contributed by atoms with Crippen LogP contribution in [0.4, 0.5) is 10.1 Å². The molecular weight excluding hydrogens is 307 g/mol. The number of para-hydroxylation sites is 1. The van der Waals surface area contributed by atoms with Crippen LogP contribution in [0.15, 0.2) is 42.5 Å². The summed E-state index contributed by atoms with van der Waals surface area (Å²) in [7, 11) is 0. The van der Waals surface area contributed by atoms with Crippen molar-refractivity contribution < 1.29 is 14.0 Å². The summed E-state index contributed by atoms with van der Waals surface area (Å²) >= 11 is 0. The number of hydrogen-bond donors (Lipinski definition) is 2. The molecular formula is C19H19FN2O2. The number of carbonyl (C=O) groups is 2. The molecule has 1 fully saturated rings. The first-order chi connectivity index (χ1) is 11.5. The van der Waals surface area contributed by atoms with E-state index in [1.165, 1.54) is 12.1 Å². The van der Waals surface area contributed by atoms with Crippen LogP contribution in [0.3, 0.4) is 0 Å². The normalized spacial score (nSPS) is 19.9.